The van der Waals surface area contributed by atoms with Crippen molar-refractivity contribution >= 4 is 12.0 Å². The highest BCUT2D eigenvalue weighted by Crippen LogP contribution is 1.98. The zero-order valence-corrected chi connectivity index (χ0v) is 12.0. The Morgan fingerprint density at radius 1 is 1.05 bits per heavy atom. The number of aliphatic hydroxyl groups is 5. The van der Waals surface area contributed by atoms with Gasteiger partial charge in [-0.1, -0.05) is 0 Å². The van der Waals surface area contributed by atoms with Crippen molar-refractivity contribution < 1.29 is 40.2 Å². The molecule has 0 aliphatic rings. The highest BCUT2D eigenvalue weighted by Gasteiger charge is 2.22. The van der Waals surface area contributed by atoms with Crippen molar-refractivity contribution in [3.63, 3.8) is 0 Å². The van der Waals surface area contributed by atoms with Crippen molar-refractivity contribution in [2.45, 2.75) is 37.2 Å². The molecule has 3 unspecified atom stereocenters. The molecule has 0 radical (unpaired) electrons. The van der Waals surface area contributed by atoms with E-state index in [9.17, 15) is 9.59 Å². The molecule has 11 N–H and O–H groups in total. The number of carboxylic acid groups (broad SMARTS) is 1. The van der Waals surface area contributed by atoms with Gasteiger partial charge in [-0.25, -0.2) is 4.79 Å². The second-order valence-corrected chi connectivity index (χ2v) is 4.37. The number of aliphatic hydroxyl groups excluding tert-OH is 5. The van der Waals surface area contributed by atoms with E-state index < -0.39 is 49.6 Å². The van der Waals surface area contributed by atoms with E-state index in [2.05, 4.69) is 5.32 Å². The number of hydrogen-bond donors (Lipinski definition) is 9. The first-order chi connectivity index (χ1) is 10.2. The van der Waals surface area contributed by atoms with Crippen LogP contribution in [0.15, 0.2) is 0 Å². The fourth-order valence-electron chi connectivity index (χ4n) is 1.13. The largest absolute Gasteiger partial charge is 0.480 e. The van der Waals surface area contributed by atoms with E-state index in [1.165, 1.54) is 0 Å². The predicted molar refractivity (Wildman–Crippen MR) is 74.6 cm³/mol. The molecular formula is C11H25N3O8. The van der Waals surface area contributed by atoms with E-state index in [-0.39, 0.29) is 0 Å². The van der Waals surface area contributed by atoms with Gasteiger partial charge < -0.3 is 47.4 Å². The van der Waals surface area contributed by atoms with Crippen LogP contribution in [0.5, 0.6) is 0 Å². The number of aliphatic carboxylic acids is 1. The molecule has 0 fully saturated rings. The van der Waals surface area contributed by atoms with Gasteiger partial charge in [0.25, 0.3) is 0 Å². The molecule has 0 saturated carbocycles. The number of nitrogens with one attached hydrogen (secondary N) is 1. The molecule has 22 heavy (non-hydrogen) atoms. The van der Waals surface area contributed by atoms with Crippen molar-refractivity contribution in [1.82, 2.24) is 5.32 Å². The molecule has 0 saturated heterocycles. The molecule has 0 aromatic carbocycles. The third kappa shape index (κ3) is 12.3. The summed E-state index contributed by atoms with van der Waals surface area (Å²) in [7, 11) is 0. The average molecular weight is 327 g/mol. The van der Waals surface area contributed by atoms with Gasteiger partial charge in [-0.05, 0) is 12.8 Å². The molecule has 0 aromatic rings. The van der Waals surface area contributed by atoms with E-state index in [1.807, 2.05) is 0 Å². The molecule has 0 bridgehead atoms. The summed E-state index contributed by atoms with van der Waals surface area (Å²) in [6.45, 7) is -0.924. The summed E-state index contributed by atoms with van der Waals surface area (Å²) in [5, 5.41) is 53.3. The van der Waals surface area contributed by atoms with Gasteiger partial charge in [0.15, 0.2) is 0 Å². The molecule has 0 spiro atoms. The minimum atomic E-state index is -1.49. The molecule has 11 nitrogen and oxygen atoms in total. The maximum absolute atomic E-state index is 10.2. The van der Waals surface area contributed by atoms with Crippen LogP contribution in [0, 0.1) is 0 Å². The number of carbonyl (C=O) groups is 2. The van der Waals surface area contributed by atoms with Crippen LogP contribution in [-0.4, -0.2) is 86.8 Å². The maximum atomic E-state index is 10.2. The SMILES string of the molecule is NC(=O)NCCCC(N)C(=O)O.OCC(O)C(O)C(O)CO. The second-order valence-electron chi connectivity index (χ2n) is 4.37. The van der Waals surface area contributed by atoms with Crippen molar-refractivity contribution in [3.8, 4) is 0 Å². The fraction of sp³-hybridized carbons (Fsp3) is 0.818. The zero-order valence-electron chi connectivity index (χ0n) is 12.0. The molecule has 0 aliphatic carbocycles. The van der Waals surface area contributed by atoms with Gasteiger partial charge in [-0.3, -0.25) is 4.79 Å². The maximum Gasteiger partial charge on any atom is 0.320 e. The molecule has 0 aromatic heterocycles. The first-order valence-corrected chi connectivity index (χ1v) is 6.44. The number of carboxylic acids is 1. The van der Waals surface area contributed by atoms with Gasteiger partial charge in [-0.15, -0.1) is 0 Å². The normalized spacial score (nSPS) is 15.7. The number of urea groups is 1. The van der Waals surface area contributed by atoms with Gasteiger partial charge in [0.2, 0.25) is 0 Å². The molecule has 0 aliphatic heterocycles. The van der Waals surface area contributed by atoms with Crippen molar-refractivity contribution in [2.24, 2.45) is 11.5 Å². The Bertz CT molecular complexity index is 308. The van der Waals surface area contributed by atoms with E-state index in [1.54, 1.807) is 0 Å². The lowest BCUT2D eigenvalue weighted by Crippen LogP contribution is -2.41. The molecule has 132 valence electrons. The number of primary amides is 1. The van der Waals surface area contributed by atoms with Gasteiger partial charge in [-0.2, -0.15) is 0 Å². The quantitative estimate of drug-likeness (QED) is 0.187. The summed E-state index contributed by atoms with van der Waals surface area (Å²) in [5.74, 6) is -1.03. The Morgan fingerprint density at radius 2 is 1.50 bits per heavy atom. The third-order valence-corrected chi connectivity index (χ3v) is 2.47. The summed E-state index contributed by atoms with van der Waals surface area (Å²) in [4.78, 5) is 20.3. The standard InChI is InChI=1S/C6H13N3O3.C5H12O5/c7-4(5(10)11)2-1-3-9-6(8)12;6-1-3(8)5(10)4(9)2-7/h4H,1-3,7H2,(H,10,11)(H3,8,9,12);3-10H,1-2H2. The van der Waals surface area contributed by atoms with Crippen LogP contribution in [-0.2, 0) is 4.79 Å². The highest BCUT2D eigenvalue weighted by atomic mass is 16.4. The summed E-state index contributed by atoms with van der Waals surface area (Å²) in [6.07, 6.45) is -3.45. The lowest BCUT2D eigenvalue weighted by Gasteiger charge is -2.19. The van der Waals surface area contributed by atoms with E-state index >= 15 is 0 Å². The summed E-state index contributed by atoms with van der Waals surface area (Å²) >= 11 is 0. The number of nitrogens with two attached hydrogens (primary N) is 2. The Labute approximate surface area is 127 Å². The average Bonchev–Trinajstić information content (AvgIpc) is 2.49. The lowest BCUT2D eigenvalue weighted by atomic mass is 10.1. The number of rotatable bonds is 9. The number of hydrogen-bond acceptors (Lipinski definition) is 8. The second kappa shape index (κ2) is 13.2. The first kappa shape index (κ1) is 22.8. The Kier molecular flexibility index (Phi) is 13.6. The molecule has 11 heteroatoms. The van der Waals surface area contributed by atoms with Crippen LogP contribution in [0.3, 0.4) is 0 Å². The lowest BCUT2D eigenvalue weighted by molar-refractivity contribution is -0.138. The van der Waals surface area contributed by atoms with Gasteiger partial charge in [0, 0.05) is 6.54 Å². The van der Waals surface area contributed by atoms with E-state index in [0.29, 0.717) is 19.4 Å². The fourth-order valence-corrected chi connectivity index (χ4v) is 1.13. The molecule has 0 heterocycles. The van der Waals surface area contributed by atoms with Crippen molar-refractivity contribution in [3.05, 3.63) is 0 Å². The van der Waals surface area contributed by atoms with E-state index in [4.69, 9.17) is 42.1 Å². The van der Waals surface area contributed by atoms with Crippen LogP contribution in [0.1, 0.15) is 12.8 Å². The Morgan fingerprint density at radius 3 is 1.82 bits per heavy atom. The third-order valence-electron chi connectivity index (χ3n) is 2.47. The number of carbonyl (C=O) groups excluding carboxylic acids is 1. The predicted octanol–water partition coefficient (Wildman–Crippen LogP) is -4.10. The van der Waals surface area contributed by atoms with E-state index in [0.717, 1.165) is 0 Å². The zero-order chi connectivity index (χ0) is 17.7. The van der Waals surface area contributed by atoms with Crippen LogP contribution in [0.2, 0.25) is 0 Å². The van der Waals surface area contributed by atoms with Gasteiger partial charge in [0.1, 0.15) is 24.4 Å². The minimum absolute atomic E-state index is 0.329. The molecule has 3 atom stereocenters. The molecular weight excluding hydrogens is 302 g/mol. The van der Waals surface area contributed by atoms with Gasteiger partial charge in [0.05, 0.1) is 13.2 Å². The van der Waals surface area contributed by atoms with Gasteiger partial charge >= 0.3 is 12.0 Å². The smallest absolute Gasteiger partial charge is 0.320 e. The Hall–Kier alpha value is -1.50. The molecule has 2 amide bonds. The summed E-state index contributed by atoms with van der Waals surface area (Å²) in [5.41, 5.74) is 9.96. The minimum Gasteiger partial charge on any atom is -0.480 e. The highest BCUT2D eigenvalue weighted by molar-refractivity contribution is 5.73. The van der Waals surface area contributed by atoms with Crippen molar-refractivity contribution in [1.29, 1.82) is 0 Å². The van der Waals surface area contributed by atoms with Crippen LogP contribution in [0.4, 0.5) is 4.79 Å². The monoisotopic (exact) mass is 327 g/mol. The molecule has 0 rings (SSSR count). The Balaban J connectivity index is 0. The van der Waals surface area contributed by atoms with Crippen LogP contribution >= 0.6 is 0 Å². The topological polar surface area (TPSA) is 220 Å². The number of amides is 2. The summed E-state index contributed by atoms with van der Waals surface area (Å²) < 4.78 is 0. The summed E-state index contributed by atoms with van der Waals surface area (Å²) in [6, 6.07) is -1.47. The van der Waals surface area contributed by atoms with Crippen LogP contribution < -0.4 is 16.8 Å². The van der Waals surface area contributed by atoms with Crippen LogP contribution in [0.25, 0.3) is 0 Å². The van der Waals surface area contributed by atoms with Crippen molar-refractivity contribution in [2.75, 3.05) is 19.8 Å². The first-order valence-electron chi connectivity index (χ1n) is 6.44.